The fraction of sp³-hybridized carbons (Fsp3) is 0.622. The van der Waals surface area contributed by atoms with Crippen molar-refractivity contribution in [1.82, 2.24) is 30.3 Å². The first kappa shape index (κ1) is 39.9. The van der Waals surface area contributed by atoms with Crippen molar-refractivity contribution >= 4 is 23.7 Å². The SMILES string of the molecule is CCN(C(=O)c1cc(F)c2c(c1Oc1nncnc1N1CCC3(C1)CN([C@H](CCCNCC[C@@H](O)COC)C(C)C)C3)OC(=O)/C=C/C(=O)O2)C(C)C. The van der Waals surface area contributed by atoms with Crippen LogP contribution in [-0.4, -0.2) is 126 Å². The Bertz CT molecular complexity index is 1650. The van der Waals surface area contributed by atoms with Gasteiger partial charge in [-0.2, -0.15) is 0 Å². The third-order valence-corrected chi connectivity index (χ3v) is 10.1. The molecule has 4 heterocycles. The van der Waals surface area contributed by atoms with Crippen molar-refractivity contribution in [3.63, 3.8) is 0 Å². The van der Waals surface area contributed by atoms with E-state index in [1.807, 2.05) is 13.8 Å². The Balaban J connectivity index is 1.33. The Morgan fingerprint density at radius 2 is 1.81 bits per heavy atom. The molecule has 2 atom stereocenters. The van der Waals surface area contributed by atoms with E-state index < -0.39 is 41.3 Å². The number of nitrogens with one attached hydrogen (secondary N) is 1. The minimum absolute atomic E-state index is 0.0341. The molecule has 0 saturated carbocycles. The molecule has 3 aliphatic heterocycles. The molecule has 0 radical (unpaired) electrons. The number of rotatable bonds is 17. The topological polar surface area (TPSA) is 169 Å². The molecule has 2 saturated heterocycles. The van der Waals surface area contributed by atoms with Gasteiger partial charge in [-0.3, -0.25) is 9.69 Å². The summed E-state index contributed by atoms with van der Waals surface area (Å²) < 4.78 is 37.4. The van der Waals surface area contributed by atoms with E-state index in [0.717, 1.165) is 63.7 Å². The van der Waals surface area contributed by atoms with Gasteiger partial charge < -0.3 is 39.2 Å². The third kappa shape index (κ3) is 9.47. The highest BCUT2D eigenvalue weighted by Crippen LogP contribution is 2.48. The van der Waals surface area contributed by atoms with Crippen LogP contribution in [0.5, 0.6) is 23.1 Å². The summed E-state index contributed by atoms with van der Waals surface area (Å²) in [5.74, 6) is -4.54. The van der Waals surface area contributed by atoms with Crippen LogP contribution in [0.2, 0.25) is 0 Å². The zero-order valence-electron chi connectivity index (χ0n) is 31.5. The molecular formula is C37H52FN7O8. The van der Waals surface area contributed by atoms with Crippen molar-refractivity contribution in [2.75, 3.05) is 64.4 Å². The Morgan fingerprint density at radius 3 is 2.47 bits per heavy atom. The monoisotopic (exact) mass is 741 g/mol. The zero-order valence-corrected chi connectivity index (χ0v) is 31.5. The molecule has 1 aromatic heterocycles. The van der Waals surface area contributed by atoms with Crippen LogP contribution in [0.3, 0.4) is 0 Å². The number of fused-ring (bicyclic) bond motifs is 1. The lowest BCUT2D eigenvalue weighted by molar-refractivity contribution is -0.133. The number of methoxy groups -OCH3 is 1. The van der Waals surface area contributed by atoms with Crippen molar-refractivity contribution in [2.24, 2.45) is 11.3 Å². The number of halogens is 1. The van der Waals surface area contributed by atoms with Crippen molar-refractivity contribution in [2.45, 2.75) is 78.5 Å². The first-order valence-corrected chi connectivity index (χ1v) is 18.4. The predicted molar refractivity (Wildman–Crippen MR) is 193 cm³/mol. The van der Waals surface area contributed by atoms with Crippen LogP contribution < -0.4 is 24.4 Å². The molecule has 2 aromatic rings. The lowest BCUT2D eigenvalue weighted by Gasteiger charge is -2.53. The molecule has 1 aromatic carbocycles. The smallest absolute Gasteiger partial charge is 0.336 e. The number of aliphatic hydroxyl groups is 1. The molecule has 1 amide bonds. The highest BCUT2D eigenvalue weighted by atomic mass is 19.1. The van der Waals surface area contributed by atoms with Crippen LogP contribution in [-0.2, 0) is 14.3 Å². The van der Waals surface area contributed by atoms with Crippen LogP contribution in [0.1, 0.15) is 70.7 Å². The van der Waals surface area contributed by atoms with Gasteiger partial charge in [0.15, 0.2) is 17.4 Å². The molecule has 53 heavy (non-hydrogen) atoms. The fourth-order valence-corrected chi connectivity index (χ4v) is 7.45. The number of nitrogens with zero attached hydrogens (tertiary/aromatic N) is 6. The number of hydrogen-bond acceptors (Lipinski definition) is 14. The first-order valence-electron chi connectivity index (χ1n) is 18.4. The molecule has 2 fully saturated rings. The van der Waals surface area contributed by atoms with Gasteiger partial charge in [-0.1, -0.05) is 13.8 Å². The summed E-state index contributed by atoms with van der Waals surface area (Å²) in [6.45, 7) is 15.4. The Kier molecular flexibility index (Phi) is 13.4. The summed E-state index contributed by atoms with van der Waals surface area (Å²) in [5.41, 5.74) is -0.222. The van der Waals surface area contributed by atoms with E-state index in [9.17, 15) is 19.5 Å². The lowest BCUT2D eigenvalue weighted by atomic mass is 9.76. The molecule has 0 bridgehead atoms. The minimum Gasteiger partial charge on any atom is -0.430 e. The van der Waals surface area contributed by atoms with E-state index in [1.165, 1.54) is 11.2 Å². The van der Waals surface area contributed by atoms with Crippen molar-refractivity contribution in [3.05, 3.63) is 35.9 Å². The fourth-order valence-electron chi connectivity index (χ4n) is 7.45. The van der Waals surface area contributed by atoms with Gasteiger partial charge in [0.05, 0.1) is 18.3 Å². The van der Waals surface area contributed by atoms with E-state index in [4.69, 9.17) is 18.9 Å². The number of amides is 1. The number of aromatic nitrogens is 3. The highest BCUT2D eigenvalue weighted by Gasteiger charge is 2.50. The van der Waals surface area contributed by atoms with Crippen LogP contribution in [0.4, 0.5) is 10.2 Å². The molecule has 290 valence electrons. The van der Waals surface area contributed by atoms with Crippen molar-refractivity contribution in [3.8, 4) is 23.1 Å². The van der Waals surface area contributed by atoms with Gasteiger partial charge in [-0.15, -0.1) is 10.2 Å². The van der Waals surface area contributed by atoms with Gasteiger partial charge in [0.25, 0.3) is 11.8 Å². The van der Waals surface area contributed by atoms with Crippen molar-refractivity contribution < 1.29 is 42.8 Å². The average Bonchev–Trinajstić information content (AvgIpc) is 3.54. The first-order chi connectivity index (χ1) is 25.4. The second-order valence-electron chi connectivity index (χ2n) is 14.6. The summed E-state index contributed by atoms with van der Waals surface area (Å²) in [7, 11) is 1.59. The van der Waals surface area contributed by atoms with E-state index in [2.05, 4.69) is 44.1 Å². The summed E-state index contributed by atoms with van der Waals surface area (Å²) in [5, 5.41) is 21.4. The second kappa shape index (κ2) is 17.7. The van der Waals surface area contributed by atoms with Gasteiger partial charge in [-0.05, 0) is 71.5 Å². The van der Waals surface area contributed by atoms with Crippen LogP contribution in [0, 0.1) is 17.2 Å². The largest absolute Gasteiger partial charge is 0.430 e. The molecule has 16 heteroatoms. The normalized spacial score (nSPS) is 18.6. The maximum atomic E-state index is 15.6. The highest BCUT2D eigenvalue weighted by molar-refractivity contribution is 6.01. The van der Waals surface area contributed by atoms with Gasteiger partial charge >= 0.3 is 11.9 Å². The predicted octanol–water partition coefficient (Wildman–Crippen LogP) is 3.36. The van der Waals surface area contributed by atoms with E-state index in [0.29, 0.717) is 50.4 Å². The van der Waals surface area contributed by atoms with Crippen LogP contribution >= 0.6 is 0 Å². The molecule has 5 rings (SSSR count). The third-order valence-electron chi connectivity index (χ3n) is 10.1. The Labute approximate surface area is 309 Å². The number of aliphatic hydroxyl groups excluding tert-OH is 1. The summed E-state index contributed by atoms with van der Waals surface area (Å²) >= 11 is 0. The number of esters is 2. The van der Waals surface area contributed by atoms with E-state index in [-0.39, 0.29) is 28.6 Å². The number of ether oxygens (including phenoxy) is 4. The minimum atomic E-state index is -1.09. The Hall–Kier alpha value is -4.25. The van der Waals surface area contributed by atoms with Gasteiger partial charge in [0.1, 0.15) is 6.33 Å². The molecule has 2 N–H and O–H groups in total. The van der Waals surface area contributed by atoms with E-state index in [1.54, 1.807) is 14.0 Å². The van der Waals surface area contributed by atoms with Crippen LogP contribution in [0.15, 0.2) is 24.5 Å². The average molecular weight is 742 g/mol. The van der Waals surface area contributed by atoms with Gasteiger partial charge in [-0.25, -0.2) is 19.0 Å². The molecular weight excluding hydrogens is 689 g/mol. The molecule has 0 aliphatic carbocycles. The lowest BCUT2D eigenvalue weighted by Crippen LogP contribution is -2.62. The molecule has 0 unspecified atom stereocenters. The molecule has 3 aliphatic rings. The summed E-state index contributed by atoms with van der Waals surface area (Å²) in [6.07, 6.45) is 6.16. The zero-order chi connectivity index (χ0) is 38.3. The molecule has 1 spiro atoms. The number of benzene rings is 1. The molecule has 15 nitrogen and oxygen atoms in total. The maximum absolute atomic E-state index is 15.6. The quantitative estimate of drug-likeness (QED) is 0.138. The number of carbonyl (C=O) groups excluding carboxylic acids is 3. The Morgan fingerprint density at radius 1 is 1.09 bits per heavy atom. The van der Waals surface area contributed by atoms with Crippen molar-refractivity contribution in [1.29, 1.82) is 0 Å². The van der Waals surface area contributed by atoms with Gasteiger partial charge in [0, 0.05) is 69.5 Å². The summed E-state index contributed by atoms with van der Waals surface area (Å²) in [6, 6.07) is 1.08. The number of carbonyl (C=O) groups is 3. The number of anilines is 1. The van der Waals surface area contributed by atoms with Gasteiger partial charge in [0.2, 0.25) is 11.5 Å². The standard InChI is InChI=1S/C37H52FN7O8/c1-7-45(24(4)5)36(49)26-17-27(38)32-33(52-30(48)11-10-29(47)51-32)31(26)53-35-34(40-22-41-42-35)43-16-13-37(19-43)20-44(21-37)28(23(2)3)9-8-14-39-15-12-25(46)18-50-6/h10-11,17,22-25,28,39,46H,7-9,12-16,18-21H2,1-6H3/b11-10+/t25-,28-/m1/s1. The summed E-state index contributed by atoms with van der Waals surface area (Å²) in [4.78, 5) is 49.4. The van der Waals surface area contributed by atoms with E-state index >= 15 is 4.39 Å². The number of likely N-dealkylation sites (tertiary alicyclic amines) is 1. The van der Waals surface area contributed by atoms with Crippen LogP contribution in [0.25, 0.3) is 0 Å². The maximum Gasteiger partial charge on any atom is 0.336 e. The second-order valence-corrected chi connectivity index (χ2v) is 14.6. The number of hydrogen-bond donors (Lipinski definition) is 2.